The number of benzene rings is 2. The van der Waals surface area contributed by atoms with Crippen LogP contribution < -0.4 is 10.3 Å². The van der Waals surface area contributed by atoms with E-state index < -0.39 is 0 Å². The predicted molar refractivity (Wildman–Crippen MR) is 139 cm³/mol. The number of nitrogens with zero attached hydrogens (tertiary/aromatic N) is 5. The van der Waals surface area contributed by atoms with Crippen LogP contribution in [0.4, 0.5) is 0 Å². The van der Waals surface area contributed by atoms with E-state index in [0.717, 1.165) is 5.56 Å². The maximum atomic E-state index is 13.5. The molecule has 184 valence electrons. The molecule has 1 atom stereocenters. The molecule has 0 fully saturated rings. The number of carbonyl (C=O) groups excluding carboxylic acids is 1. The number of hydrogen-bond acceptors (Lipinski definition) is 6. The summed E-state index contributed by atoms with van der Waals surface area (Å²) in [5, 5.41) is 9.57. The summed E-state index contributed by atoms with van der Waals surface area (Å²) in [7, 11) is 1.61. The molecule has 1 unspecified atom stereocenters. The molecule has 2 aromatic carbocycles. The number of carbonyl (C=O) groups is 1. The molecule has 0 aliphatic rings. The monoisotopic (exact) mass is 493 g/mol. The van der Waals surface area contributed by atoms with Crippen LogP contribution >= 0.6 is 11.8 Å². The number of methoxy groups -OCH3 is 1. The van der Waals surface area contributed by atoms with E-state index in [1.165, 1.54) is 11.8 Å². The van der Waals surface area contributed by atoms with Gasteiger partial charge in [0, 0.05) is 17.6 Å². The fourth-order valence-electron chi connectivity index (χ4n) is 4.48. The molecular weight excluding hydrogens is 462 g/mol. The molecule has 0 radical (unpaired) electrons. The molecule has 1 amide bonds. The molecule has 0 saturated carbocycles. The zero-order chi connectivity index (χ0) is 25.3. The zero-order valence-corrected chi connectivity index (χ0v) is 21.7. The van der Waals surface area contributed by atoms with Crippen LogP contribution in [0.25, 0.3) is 16.7 Å². The highest BCUT2D eigenvalue weighted by Gasteiger charge is 2.28. The number of ether oxygens (including phenoxy) is 1. The molecular formula is C26H31N5O3S. The van der Waals surface area contributed by atoms with Crippen molar-refractivity contribution in [2.24, 2.45) is 0 Å². The van der Waals surface area contributed by atoms with E-state index in [1.807, 2.05) is 86.4 Å². The van der Waals surface area contributed by atoms with Crippen LogP contribution in [0.15, 0.2) is 58.5 Å². The van der Waals surface area contributed by atoms with E-state index in [9.17, 15) is 9.59 Å². The number of para-hydroxylation sites is 2. The molecule has 0 aliphatic heterocycles. The van der Waals surface area contributed by atoms with Crippen LogP contribution in [-0.2, 0) is 11.3 Å². The number of aromatic nitrogens is 4. The van der Waals surface area contributed by atoms with Crippen molar-refractivity contribution in [3.05, 3.63) is 64.4 Å². The summed E-state index contributed by atoms with van der Waals surface area (Å²) in [6.45, 7) is 10.2. The average molecular weight is 494 g/mol. The Labute approximate surface area is 208 Å². The highest BCUT2D eigenvalue weighted by atomic mass is 32.2. The molecule has 9 heteroatoms. The third kappa shape index (κ3) is 4.65. The summed E-state index contributed by atoms with van der Waals surface area (Å²) in [5.74, 6) is 1.16. The molecule has 2 aromatic heterocycles. The van der Waals surface area contributed by atoms with Gasteiger partial charge in [-0.1, -0.05) is 42.1 Å². The lowest BCUT2D eigenvalue weighted by Gasteiger charge is -2.32. The molecule has 0 spiro atoms. The lowest BCUT2D eigenvalue weighted by Crippen LogP contribution is -2.45. The van der Waals surface area contributed by atoms with Gasteiger partial charge in [-0.15, -0.1) is 10.2 Å². The van der Waals surface area contributed by atoms with Crippen molar-refractivity contribution in [2.75, 3.05) is 7.11 Å². The summed E-state index contributed by atoms with van der Waals surface area (Å²) in [5.41, 5.74) is 1.41. The van der Waals surface area contributed by atoms with Crippen molar-refractivity contribution in [2.45, 2.75) is 63.7 Å². The molecule has 4 rings (SSSR count). The topological polar surface area (TPSA) is 81.7 Å². The van der Waals surface area contributed by atoms with Gasteiger partial charge in [0.2, 0.25) is 11.7 Å². The zero-order valence-electron chi connectivity index (χ0n) is 20.9. The van der Waals surface area contributed by atoms with Gasteiger partial charge in [0.15, 0.2) is 5.16 Å². The molecule has 0 N–H and O–H groups in total. The second-order valence-electron chi connectivity index (χ2n) is 9.03. The molecule has 35 heavy (non-hydrogen) atoms. The highest BCUT2D eigenvalue weighted by molar-refractivity contribution is 8.00. The van der Waals surface area contributed by atoms with Gasteiger partial charge in [-0.3, -0.25) is 18.6 Å². The fraction of sp³-hybridized carbons (Fsp3) is 0.385. The SMILES string of the molecule is COc1ccccc1Cn1c(=O)c2ccccc2n2c(SC(C)C(=O)N(C(C)C)C(C)C)nnc12. The Hall–Kier alpha value is -3.33. The summed E-state index contributed by atoms with van der Waals surface area (Å²) in [6, 6.07) is 15.2. The first kappa shape index (κ1) is 24.8. The average Bonchev–Trinajstić information content (AvgIpc) is 3.25. The molecule has 0 aliphatic carbocycles. The largest absolute Gasteiger partial charge is 0.496 e. The molecule has 0 bridgehead atoms. The van der Waals surface area contributed by atoms with Gasteiger partial charge in [-0.05, 0) is 52.8 Å². The lowest BCUT2D eigenvalue weighted by atomic mass is 10.2. The summed E-state index contributed by atoms with van der Waals surface area (Å²) >= 11 is 1.35. The first-order valence-electron chi connectivity index (χ1n) is 11.7. The molecule has 8 nitrogen and oxygen atoms in total. The minimum atomic E-state index is -0.374. The van der Waals surface area contributed by atoms with Crippen LogP contribution in [0.3, 0.4) is 0 Å². The van der Waals surface area contributed by atoms with Crippen molar-refractivity contribution in [1.82, 2.24) is 24.1 Å². The minimum absolute atomic E-state index is 0.0448. The Morgan fingerprint density at radius 3 is 2.34 bits per heavy atom. The Kier molecular flexibility index (Phi) is 7.16. The van der Waals surface area contributed by atoms with Gasteiger partial charge in [0.1, 0.15) is 5.75 Å². The normalized spacial score (nSPS) is 12.6. The molecule has 4 aromatic rings. The Bertz CT molecular complexity index is 1420. The van der Waals surface area contributed by atoms with Crippen molar-refractivity contribution >= 4 is 34.3 Å². The van der Waals surface area contributed by atoms with Crippen molar-refractivity contribution in [3.8, 4) is 5.75 Å². The van der Waals surface area contributed by atoms with Crippen LogP contribution in [0, 0.1) is 0 Å². The van der Waals surface area contributed by atoms with Gasteiger partial charge in [-0.2, -0.15) is 0 Å². The minimum Gasteiger partial charge on any atom is -0.496 e. The Balaban J connectivity index is 1.83. The van der Waals surface area contributed by atoms with E-state index in [2.05, 4.69) is 10.2 Å². The lowest BCUT2D eigenvalue weighted by molar-refractivity contribution is -0.133. The predicted octanol–water partition coefficient (Wildman–Crippen LogP) is 4.23. The summed E-state index contributed by atoms with van der Waals surface area (Å²) in [4.78, 5) is 28.6. The molecule has 2 heterocycles. The number of hydrogen-bond donors (Lipinski definition) is 0. The van der Waals surface area contributed by atoms with Crippen LogP contribution in [0.1, 0.15) is 40.2 Å². The second-order valence-corrected chi connectivity index (χ2v) is 10.3. The van der Waals surface area contributed by atoms with E-state index >= 15 is 0 Å². The van der Waals surface area contributed by atoms with Crippen LogP contribution in [0.2, 0.25) is 0 Å². The van der Waals surface area contributed by atoms with Crippen molar-refractivity contribution in [3.63, 3.8) is 0 Å². The maximum absolute atomic E-state index is 13.5. The standard InChI is InChI=1S/C26H31N5O3S/c1-16(2)30(17(3)4)23(32)18(5)35-26-28-27-25-29(15-19-11-7-10-14-22(19)34-6)24(33)20-12-8-9-13-21(20)31(25)26/h7-14,16-18H,15H2,1-6H3. The van der Waals surface area contributed by atoms with E-state index in [-0.39, 0.29) is 35.3 Å². The first-order chi connectivity index (χ1) is 16.7. The third-order valence-electron chi connectivity index (χ3n) is 6.00. The maximum Gasteiger partial charge on any atom is 0.263 e. The molecule has 0 saturated heterocycles. The summed E-state index contributed by atoms with van der Waals surface area (Å²) in [6.07, 6.45) is 0. The van der Waals surface area contributed by atoms with Gasteiger partial charge >= 0.3 is 0 Å². The second kappa shape index (κ2) is 10.1. The van der Waals surface area contributed by atoms with Gasteiger partial charge in [0.05, 0.1) is 29.8 Å². The number of amides is 1. The number of rotatable bonds is 8. The van der Waals surface area contributed by atoms with Crippen LogP contribution in [0.5, 0.6) is 5.75 Å². The number of thioether (sulfide) groups is 1. The van der Waals surface area contributed by atoms with Gasteiger partial charge in [0.25, 0.3) is 5.56 Å². The smallest absolute Gasteiger partial charge is 0.263 e. The van der Waals surface area contributed by atoms with E-state index in [0.29, 0.717) is 27.6 Å². The fourth-order valence-corrected chi connectivity index (χ4v) is 5.39. The van der Waals surface area contributed by atoms with Gasteiger partial charge in [-0.25, -0.2) is 0 Å². The van der Waals surface area contributed by atoms with Crippen molar-refractivity contribution in [1.29, 1.82) is 0 Å². The quantitative estimate of drug-likeness (QED) is 0.342. The first-order valence-corrected chi connectivity index (χ1v) is 12.6. The van der Waals surface area contributed by atoms with Crippen molar-refractivity contribution < 1.29 is 9.53 Å². The van der Waals surface area contributed by atoms with E-state index in [1.54, 1.807) is 17.7 Å². The van der Waals surface area contributed by atoms with Gasteiger partial charge < -0.3 is 9.64 Å². The number of fused-ring (bicyclic) bond motifs is 3. The highest BCUT2D eigenvalue weighted by Crippen LogP contribution is 2.28. The van der Waals surface area contributed by atoms with Crippen LogP contribution in [-0.4, -0.2) is 54.4 Å². The van der Waals surface area contributed by atoms with E-state index in [4.69, 9.17) is 4.74 Å². The summed E-state index contributed by atoms with van der Waals surface area (Å²) < 4.78 is 8.98. The Morgan fingerprint density at radius 1 is 1.00 bits per heavy atom. The third-order valence-corrected chi connectivity index (χ3v) is 7.03. The Morgan fingerprint density at radius 2 is 1.66 bits per heavy atom.